The molecule has 1 atom stereocenters. The maximum absolute atomic E-state index is 13.3. The Hall–Kier alpha value is -0.540. The summed E-state index contributed by atoms with van der Waals surface area (Å²) in [6.45, 7) is 4.70. The first-order chi connectivity index (χ1) is 10.1. The van der Waals surface area contributed by atoms with E-state index in [0.29, 0.717) is 19.1 Å². The lowest BCUT2D eigenvalue weighted by Crippen LogP contribution is -2.47. The monoisotopic (exact) mass is 439 g/mol. The van der Waals surface area contributed by atoms with E-state index in [1.54, 1.807) is 23.9 Å². The minimum absolute atomic E-state index is 0. The summed E-state index contributed by atoms with van der Waals surface area (Å²) in [7, 11) is 0. The fourth-order valence-electron chi connectivity index (χ4n) is 2.33. The molecule has 1 aliphatic rings. The standard InChI is InChI=1S/C15H22FN3OS.HI/c1-11-9-19(5-6-20-11)15(17)18-8-12-3-4-14(16)7-13(12)10-21-2;/h3-4,7,11H,5-6,8-10H2,1-2H3,(H2,17,18);1H. The molecule has 22 heavy (non-hydrogen) atoms. The number of morpholine rings is 1. The molecule has 1 fully saturated rings. The van der Waals surface area contributed by atoms with Gasteiger partial charge in [0.2, 0.25) is 0 Å². The summed E-state index contributed by atoms with van der Waals surface area (Å²) in [5.41, 5.74) is 8.06. The van der Waals surface area contributed by atoms with Crippen LogP contribution in [-0.2, 0) is 17.0 Å². The minimum atomic E-state index is -0.207. The molecule has 1 aromatic carbocycles. The van der Waals surface area contributed by atoms with E-state index in [-0.39, 0.29) is 35.9 Å². The van der Waals surface area contributed by atoms with Gasteiger partial charge >= 0.3 is 0 Å². The number of thioether (sulfide) groups is 1. The van der Waals surface area contributed by atoms with Crippen molar-refractivity contribution in [3.63, 3.8) is 0 Å². The second-order valence-corrected chi connectivity index (χ2v) is 6.01. The Morgan fingerprint density at radius 2 is 2.27 bits per heavy atom. The first-order valence-electron chi connectivity index (χ1n) is 7.03. The number of guanidine groups is 1. The molecule has 0 bridgehead atoms. The van der Waals surface area contributed by atoms with E-state index in [1.165, 1.54) is 6.07 Å². The summed E-state index contributed by atoms with van der Waals surface area (Å²) in [4.78, 5) is 6.49. The molecule has 1 unspecified atom stereocenters. The normalized spacial score (nSPS) is 19.0. The van der Waals surface area contributed by atoms with Gasteiger partial charge in [-0.2, -0.15) is 11.8 Å². The summed E-state index contributed by atoms with van der Waals surface area (Å²) in [6, 6.07) is 4.84. The van der Waals surface area contributed by atoms with Crippen molar-refractivity contribution in [1.82, 2.24) is 4.90 Å². The van der Waals surface area contributed by atoms with Crippen LogP contribution in [0.15, 0.2) is 23.2 Å². The lowest BCUT2D eigenvalue weighted by molar-refractivity contribution is 0.00528. The van der Waals surface area contributed by atoms with Crippen molar-refractivity contribution in [2.24, 2.45) is 10.7 Å². The number of hydrogen-bond donors (Lipinski definition) is 1. The molecule has 1 aliphatic heterocycles. The Morgan fingerprint density at radius 1 is 1.50 bits per heavy atom. The number of aliphatic imine (C=N–C) groups is 1. The SMILES string of the molecule is CSCc1cc(F)ccc1CN=C(N)N1CCOC(C)C1.I. The fraction of sp³-hybridized carbons (Fsp3) is 0.533. The highest BCUT2D eigenvalue weighted by atomic mass is 127. The second kappa shape index (κ2) is 9.57. The van der Waals surface area contributed by atoms with Gasteiger partial charge in [-0.25, -0.2) is 9.38 Å². The Labute approximate surface area is 152 Å². The van der Waals surface area contributed by atoms with Gasteiger partial charge in [-0.1, -0.05) is 6.07 Å². The van der Waals surface area contributed by atoms with Gasteiger partial charge in [0.15, 0.2) is 5.96 Å². The summed E-state index contributed by atoms with van der Waals surface area (Å²) >= 11 is 1.67. The van der Waals surface area contributed by atoms with Crippen molar-refractivity contribution < 1.29 is 9.13 Å². The smallest absolute Gasteiger partial charge is 0.191 e. The molecule has 2 N–H and O–H groups in total. The number of benzene rings is 1. The summed E-state index contributed by atoms with van der Waals surface area (Å²) < 4.78 is 18.8. The van der Waals surface area contributed by atoms with Gasteiger partial charge in [-0.15, -0.1) is 24.0 Å². The van der Waals surface area contributed by atoms with Crippen LogP contribution in [0.3, 0.4) is 0 Å². The van der Waals surface area contributed by atoms with E-state index in [2.05, 4.69) is 4.99 Å². The third-order valence-corrected chi connectivity index (χ3v) is 4.04. The first-order valence-corrected chi connectivity index (χ1v) is 8.42. The quantitative estimate of drug-likeness (QED) is 0.446. The molecule has 7 heteroatoms. The Bertz CT molecular complexity index is 516. The van der Waals surface area contributed by atoms with Gasteiger partial charge in [0.1, 0.15) is 5.82 Å². The predicted molar refractivity (Wildman–Crippen MR) is 101 cm³/mol. The van der Waals surface area contributed by atoms with Crippen LogP contribution in [-0.4, -0.2) is 42.9 Å². The van der Waals surface area contributed by atoms with Crippen molar-refractivity contribution in [3.8, 4) is 0 Å². The van der Waals surface area contributed by atoms with Crippen LogP contribution < -0.4 is 5.73 Å². The van der Waals surface area contributed by atoms with Gasteiger partial charge in [0.05, 0.1) is 19.3 Å². The van der Waals surface area contributed by atoms with E-state index in [4.69, 9.17) is 10.5 Å². The molecule has 2 rings (SSSR count). The van der Waals surface area contributed by atoms with E-state index in [1.807, 2.05) is 18.1 Å². The third kappa shape index (κ3) is 5.58. The highest BCUT2D eigenvalue weighted by molar-refractivity contribution is 14.0. The molecule has 0 radical (unpaired) electrons. The van der Waals surface area contributed by atoms with Crippen molar-refractivity contribution in [2.75, 3.05) is 26.0 Å². The zero-order chi connectivity index (χ0) is 15.2. The Balaban J connectivity index is 0.00000242. The zero-order valence-electron chi connectivity index (χ0n) is 12.9. The second-order valence-electron chi connectivity index (χ2n) is 5.15. The molecule has 0 spiro atoms. The van der Waals surface area contributed by atoms with Gasteiger partial charge in [-0.3, -0.25) is 0 Å². The van der Waals surface area contributed by atoms with Crippen LogP contribution in [0.5, 0.6) is 0 Å². The molecule has 1 aromatic rings. The van der Waals surface area contributed by atoms with Crippen LogP contribution in [0, 0.1) is 5.82 Å². The third-order valence-electron chi connectivity index (χ3n) is 3.44. The van der Waals surface area contributed by atoms with E-state index in [9.17, 15) is 4.39 Å². The summed E-state index contributed by atoms with van der Waals surface area (Å²) in [5, 5.41) is 0. The van der Waals surface area contributed by atoms with Crippen LogP contribution >= 0.6 is 35.7 Å². The molecular weight excluding hydrogens is 416 g/mol. The average molecular weight is 439 g/mol. The molecule has 1 heterocycles. The van der Waals surface area contributed by atoms with Gasteiger partial charge in [0.25, 0.3) is 0 Å². The van der Waals surface area contributed by atoms with Crippen LogP contribution in [0.1, 0.15) is 18.1 Å². The lowest BCUT2D eigenvalue weighted by atomic mass is 10.1. The van der Waals surface area contributed by atoms with Crippen molar-refractivity contribution in [2.45, 2.75) is 25.3 Å². The van der Waals surface area contributed by atoms with Gasteiger partial charge < -0.3 is 15.4 Å². The van der Waals surface area contributed by atoms with Crippen molar-refractivity contribution >= 4 is 41.7 Å². The average Bonchev–Trinajstić information content (AvgIpc) is 2.46. The number of hydrogen-bond acceptors (Lipinski definition) is 3. The summed E-state index contributed by atoms with van der Waals surface area (Å²) in [6.07, 6.45) is 2.17. The number of ether oxygens (including phenoxy) is 1. The molecule has 0 saturated carbocycles. The molecule has 124 valence electrons. The largest absolute Gasteiger partial charge is 0.375 e. The fourth-order valence-corrected chi connectivity index (χ4v) is 2.91. The van der Waals surface area contributed by atoms with E-state index in [0.717, 1.165) is 30.0 Å². The van der Waals surface area contributed by atoms with E-state index >= 15 is 0 Å². The number of halogens is 2. The molecule has 0 amide bonds. The van der Waals surface area contributed by atoms with Crippen LogP contribution in [0.2, 0.25) is 0 Å². The molecule has 0 aromatic heterocycles. The first kappa shape index (κ1) is 19.5. The number of nitrogens with zero attached hydrogens (tertiary/aromatic N) is 2. The topological polar surface area (TPSA) is 50.8 Å². The maximum Gasteiger partial charge on any atom is 0.191 e. The predicted octanol–water partition coefficient (Wildman–Crippen LogP) is 2.84. The number of nitrogens with two attached hydrogens (primary N) is 1. The molecular formula is C15H23FIN3OS. The summed E-state index contributed by atoms with van der Waals surface area (Å²) in [5.74, 6) is 1.10. The molecule has 1 saturated heterocycles. The highest BCUT2D eigenvalue weighted by Gasteiger charge is 2.18. The maximum atomic E-state index is 13.3. The Kier molecular flexibility index (Phi) is 8.48. The van der Waals surface area contributed by atoms with Crippen molar-refractivity contribution in [1.29, 1.82) is 0 Å². The highest BCUT2D eigenvalue weighted by Crippen LogP contribution is 2.17. The van der Waals surface area contributed by atoms with Gasteiger partial charge in [0, 0.05) is 18.8 Å². The molecule has 4 nitrogen and oxygen atoms in total. The zero-order valence-corrected chi connectivity index (χ0v) is 16.1. The number of rotatable bonds is 4. The minimum Gasteiger partial charge on any atom is -0.375 e. The Morgan fingerprint density at radius 3 is 2.95 bits per heavy atom. The lowest BCUT2D eigenvalue weighted by Gasteiger charge is -2.31. The van der Waals surface area contributed by atoms with Crippen LogP contribution in [0.25, 0.3) is 0 Å². The van der Waals surface area contributed by atoms with Crippen molar-refractivity contribution in [3.05, 3.63) is 35.1 Å². The van der Waals surface area contributed by atoms with Gasteiger partial charge in [-0.05, 0) is 36.4 Å². The van der Waals surface area contributed by atoms with E-state index < -0.39 is 0 Å². The molecule has 0 aliphatic carbocycles. The van der Waals surface area contributed by atoms with Crippen LogP contribution in [0.4, 0.5) is 4.39 Å².